The number of fused-ring (bicyclic) bond motifs is 3. The van der Waals surface area contributed by atoms with E-state index in [9.17, 15) is 0 Å². The van der Waals surface area contributed by atoms with E-state index >= 15 is 0 Å². The van der Waals surface area contributed by atoms with E-state index in [2.05, 4.69) is 84.9 Å². The highest BCUT2D eigenvalue weighted by Crippen LogP contribution is 2.33. The van der Waals surface area contributed by atoms with Crippen molar-refractivity contribution in [3.63, 3.8) is 0 Å². The van der Waals surface area contributed by atoms with Gasteiger partial charge in [-0.2, -0.15) is 0 Å². The van der Waals surface area contributed by atoms with Crippen LogP contribution in [0.4, 0.5) is 0 Å². The van der Waals surface area contributed by atoms with Gasteiger partial charge in [-0.15, -0.1) is 17.0 Å². The van der Waals surface area contributed by atoms with Crippen LogP contribution in [0.2, 0.25) is 0 Å². The fourth-order valence-electron chi connectivity index (χ4n) is 3.86. The summed E-state index contributed by atoms with van der Waals surface area (Å²) in [6, 6.07) is 19.3. The zero-order chi connectivity index (χ0) is 18.8. The van der Waals surface area contributed by atoms with Crippen LogP contribution in [0, 0.1) is 6.92 Å². The van der Waals surface area contributed by atoms with Crippen LogP contribution < -0.4 is 4.74 Å². The van der Waals surface area contributed by atoms with Gasteiger partial charge in [0, 0.05) is 29.6 Å². The molecule has 0 N–H and O–H groups in total. The number of hydrogen-bond donors (Lipinski definition) is 0. The van der Waals surface area contributed by atoms with Gasteiger partial charge < -0.3 is 9.30 Å². The van der Waals surface area contributed by atoms with Gasteiger partial charge in [-0.3, -0.25) is 4.98 Å². The molecule has 28 heavy (non-hydrogen) atoms. The number of rotatable bonds is 6. The molecule has 2 aromatic carbocycles. The van der Waals surface area contributed by atoms with Gasteiger partial charge in [0.1, 0.15) is 5.75 Å². The van der Waals surface area contributed by atoms with Crippen LogP contribution in [-0.2, 0) is 13.0 Å². The molecule has 4 heteroatoms. The Kier molecular flexibility index (Phi) is 6.40. The third kappa shape index (κ3) is 4.07. The fourth-order valence-corrected chi connectivity index (χ4v) is 3.86. The average molecular weight is 439 g/mol. The molecule has 146 valence electrons. The van der Waals surface area contributed by atoms with Crippen molar-refractivity contribution in [2.75, 3.05) is 0 Å². The number of nitrogens with zero attached hydrogens (tertiary/aromatic N) is 2. The molecule has 2 heterocycles. The number of hydrogen-bond acceptors (Lipinski definition) is 2. The van der Waals surface area contributed by atoms with Gasteiger partial charge in [0.2, 0.25) is 0 Å². The topological polar surface area (TPSA) is 27.1 Å². The Morgan fingerprint density at radius 1 is 1.00 bits per heavy atom. The molecule has 3 nitrogen and oxygen atoms in total. The van der Waals surface area contributed by atoms with Crippen molar-refractivity contribution >= 4 is 38.8 Å². The number of halogens is 1. The molecule has 0 atom stereocenters. The highest BCUT2D eigenvalue weighted by Gasteiger charge is 2.14. The van der Waals surface area contributed by atoms with Crippen LogP contribution in [0.25, 0.3) is 21.8 Å². The molecule has 0 amide bonds. The average Bonchev–Trinajstić information content (AvgIpc) is 2.97. The van der Waals surface area contributed by atoms with E-state index in [0.717, 1.165) is 30.8 Å². The zero-order valence-electron chi connectivity index (χ0n) is 16.7. The maximum Gasteiger partial charge on any atom is 0.121 e. The Morgan fingerprint density at radius 3 is 2.54 bits per heavy atom. The summed E-state index contributed by atoms with van der Waals surface area (Å²) in [4.78, 5) is 4.55. The van der Waals surface area contributed by atoms with Gasteiger partial charge in [-0.25, -0.2) is 0 Å². The Balaban J connectivity index is 0.00000225. The van der Waals surface area contributed by atoms with E-state index in [-0.39, 0.29) is 23.1 Å². The van der Waals surface area contributed by atoms with Crippen LogP contribution in [0.15, 0.2) is 60.8 Å². The van der Waals surface area contributed by atoms with E-state index in [1.165, 1.54) is 27.4 Å². The molecule has 4 rings (SSSR count). The second-order valence-corrected chi connectivity index (χ2v) is 7.38. The lowest BCUT2D eigenvalue weighted by molar-refractivity contribution is 0.242. The SMILES string of the molecule is Br.Cc1nccc2c3ccc(OC(C)C)cc3n(CCCc3ccccc3)c12. The van der Waals surface area contributed by atoms with Gasteiger partial charge >= 0.3 is 0 Å². The predicted molar refractivity (Wildman–Crippen MR) is 123 cm³/mol. The first-order valence-corrected chi connectivity index (χ1v) is 9.71. The third-order valence-corrected chi connectivity index (χ3v) is 4.99. The van der Waals surface area contributed by atoms with Crippen LogP contribution in [-0.4, -0.2) is 15.7 Å². The van der Waals surface area contributed by atoms with Crippen LogP contribution in [0.5, 0.6) is 5.75 Å². The minimum absolute atomic E-state index is 0. The second-order valence-electron chi connectivity index (χ2n) is 7.38. The lowest BCUT2D eigenvalue weighted by Crippen LogP contribution is -2.06. The largest absolute Gasteiger partial charge is 0.491 e. The highest BCUT2D eigenvalue weighted by molar-refractivity contribution is 8.93. The molecule has 0 fully saturated rings. The summed E-state index contributed by atoms with van der Waals surface area (Å²) in [6.45, 7) is 7.19. The van der Waals surface area contributed by atoms with Crippen molar-refractivity contribution < 1.29 is 4.74 Å². The molecule has 2 aromatic heterocycles. The monoisotopic (exact) mass is 438 g/mol. The lowest BCUT2D eigenvalue weighted by atomic mass is 10.1. The predicted octanol–water partition coefficient (Wildman–Crippen LogP) is 6.50. The van der Waals surface area contributed by atoms with E-state index in [1.54, 1.807) is 0 Å². The molecule has 0 aliphatic heterocycles. The van der Waals surface area contributed by atoms with E-state index in [1.807, 2.05) is 6.20 Å². The van der Waals surface area contributed by atoms with E-state index in [0.29, 0.717) is 0 Å². The van der Waals surface area contributed by atoms with Gasteiger partial charge in [0.15, 0.2) is 0 Å². The summed E-state index contributed by atoms with van der Waals surface area (Å²) >= 11 is 0. The Bertz CT molecular complexity index is 1070. The van der Waals surface area contributed by atoms with Crippen LogP contribution in [0.3, 0.4) is 0 Å². The number of aryl methyl sites for hydroxylation is 3. The summed E-state index contributed by atoms with van der Waals surface area (Å²) in [5.41, 5.74) is 4.93. The molecule has 0 radical (unpaired) electrons. The molecule has 0 bridgehead atoms. The normalized spacial score (nSPS) is 11.1. The number of ether oxygens (including phenoxy) is 1. The number of aromatic nitrogens is 2. The maximum atomic E-state index is 5.95. The van der Waals surface area contributed by atoms with Gasteiger partial charge in [-0.1, -0.05) is 30.3 Å². The molecule has 0 saturated carbocycles. The first-order chi connectivity index (χ1) is 13.1. The standard InChI is InChI=1S/C24H26N2O.BrH/c1-17(2)27-20-11-12-21-22-13-14-25-18(3)24(22)26(23(21)16-20)15-7-10-19-8-5-4-6-9-19;/h4-6,8-9,11-14,16-17H,7,10,15H2,1-3H3;1H. The first kappa shape index (κ1) is 20.4. The Morgan fingerprint density at radius 2 is 1.79 bits per heavy atom. The van der Waals surface area contributed by atoms with Crippen molar-refractivity contribution in [1.82, 2.24) is 9.55 Å². The minimum atomic E-state index is 0. The third-order valence-electron chi connectivity index (χ3n) is 4.99. The van der Waals surface area contributed by atoms with Crippen molar-refractivity contribution in [1.29, 1.82) is 0 Å². The Hall–Kier alpha value is -2.33. The zero-order valence-corrected chi connectivity index (χ0v) is 18.4. The van der Waals surface area contributed by atoms with Crippen molar-refractivity contribution in [2.24, 2.45) is 0 Å². The Labute approximate surface area is 177 Å². The van der Waals surface area contributed by atoms with E-state index in [4.69, 9.17) is 4.74 Å². The molecule has 4 aromatic rings. The molecular formula is C24H27BrN2O. The first-order valence-electron chi connectivity index (χ1n) is 9.71. The summed E-state index contributed by atoms with van der Waals surface area (Å²) in [5, 5.41) is 2.54. The molecular weight excluding hydrogens is 412 g/mol. The minimum Gasteiger partial charge on any atom is -0.491 e. The van der Waals surface area contributed by atoms with Crippen molar-refractivity contribution in [2.45, 2.75) is 46.3 Å². The molecule has 0 saturated heterocycles. The van der Waals surface area contributed by atoms with Gasteiger partial charge in [-0.05, 0) is 57.4 Å². The van der Waals surface area contributed by atoms with Gasteiger partial charge in [0.25, 0.3) is 0 Å². The number of pyridine rings is 1. The fraction of sp³-hybridized carbons (Fsp3) is 0.292. The van der Waals surface area contributed by atoms with Crippen LogP contribution >= 0.6 is 17.0 Å². The summed E-state index contributed by atoms with van der Waals surface area (Å²) in [5.74, 6) is 0.926. The summed E-state index contributed by atoms with van der Waals surface area (Å²) < 4.78 is 8.37. The van der Waals surface area contributed by atoms with Gasteiger partial charge in [0.05, 0.1) is 22.8 Å². The quantitative estimate of drug-likeness (QED) is 0.343. The summed E-state index contributed by atoms with van der Waals surface area (Å²) in [6.07, 6.45) is 4.24. The molecule has 0 spiro atoms. The smallest absolute Gasteiger partial charge is 0.121 e. The highest BCUT2D eigenvalue weighted by atomic mass is 79.9. The second kappa shape index (κ2) is 8.78. The van der Waals surface area contributed by atoms with Crippen molar-refractivity contribution in [3.05, 3.63) is 72.1 Å². The summed E-state index contributed by atoms with van der Waals surface area (Å²) in [7, 11) is 0. The number of benzene rings is 2. The molecule has 0 unspecified atom stereocenters. The van der Waals surface area contributed by atoms with E-state index < -0.39 is 0 Å². The van der Waals surface area contributed by atoms with Crippen molar-refractivity contribution in [3.8, 4) is 5.75 Å². The molecule has 0 aliphatic carbocycles. The maximum absolute atomic E-state index is 5.95. The lowest BCUT2D eigenvalue weighted by Gasteiger charge is -2.12. The van der Waals surface area contributed by atoms with Crippen LogP contribution in [0.1, 0.15) is 31.5 Å². The molecule has 0 aliphatic rings.